The molecule has 3 heteroatoms. The van der Waals surface area contributed by atoms with Crippen LogP contribution in [0.5, 0.6) is 0 Å². The predicted molar refractivity (Wildman–Crippen MR) is 80.9 cm³/mol. The monoisotopic (exact) mass is 268 g/mol. The van der Waals surface area contributed by atoms with Crippen LogP contribution in [-0.4, -0.2) is 29.9 Å². The summed E-state index contributed by atoms with van der Waals surface area (Å²) in [6, 6.07) is 0.465. The molecular weight excluding hydrogens is 236 g/mol. The van der Waals surface area contributed by atoms with Crippen molar-refractivity contribution < 1.29 is 4.79 Å². The number of amides is 1. The summed E-state index contributed by atoms with van der Waals surface area (Å²) < 4.78 is 0. The molecule has 1 aliphatic rings. The first kappa shape index (κ1) is 16.5. The summed E-state index contributed by atoms with van der Waals surface area (Å²) in [5, 5.41) is 0. The van der Waals surface area contributed by atoms with Gasteiger partial charge in [0.25, 0.3) is 0 Å². The number of carbonyl (C=O) groups excluding carboxylic acids is 1. The predicted octanol–water partition coefficient (Wildman–Crippen LogP) is 3.18. The Morgan fingerprint density at radius 1 is 1.32 bits per heavy atom. The highest BCUT2D eigenvalue weighted by molar-refractivity contribution is 5.76. The van der Waals surface area contributed by atoms with E-state index in [1.54, 1.807) is 0 Å². The zero-order valence-corrected chi connectivity index (χ0v) is 13.0. The molecule has 0 radical (unpaired) electrons. The van der Waals surface area contributed by atoms with Gasteiger partial charge in [-0.1, -0.05) is 33.6 Å². The van der Waals surface area contributed by atoms with E-state index in [0.717, 1.165) is 19.4 Å². The molecule has 19 heavy (non-hydrogen) atoms. The van der Waals surface area contributed by atoms with E-state index >= 15 is 0 Å². The van der Waals surface area contributed by atoms with Gasteiger partial charge in [-0.05, 0) is 44.1 Å². The van der Waals surface area contributed by atoms with Crippen LogP contribution in [0.15, 0.2) is 0 Å². The van der Waals surface area contributed by atoms with Gasteiger partial charge in [0.15, 0.2) is 0 Å². The fourth-order valence-corrected chi connectivity index (χ4v) is 3.22. The maximum absolute atomic E-state index is 12.5. The highest BCUT2D eigenvalue weighted by atomic mass is 16.2. The normalized spacial score (nSPS) is 22.4. The minimum Gasteiger partial charge on any atom is -0.340 e. The average molecular weight is 268 g/mol. The van der Waals surface area contributed by atoms with Crippen molar-refractivity contribution in [3.63, 3.8) is 0 Å². The molecule has 112 valence electrons. The highest BCUT2D eigenvalue weighted by Gasteiger charge is 2.25. The van der Waals surface area contributed by atoms with Crippen LogP contribution in [0.3, 0.4) is 0 Å². The van der Waals surface area contributed by atoms with Gasteiger partial charge in [-0.3, -0.25) is 4.79 Å². The molecule has 1 fully saturated rings. The number of hydrogen-bond acceptors (Lipinski definition) is 2. The third-order valence-electron chi connectivity index (χ3n) is 4.27. The molecule has 1 saturated heterocycles. The van der Waals surface area contributed by atoms with Gasteiger partial charge in [0, 0.05) is 19.0 Å². The molecule has 0 aromatic rings. The van der Waals surface area contributed by atoms with Crippen molar-refractivity contribution in [3.8, 4) is 0 Å². The lowest BCUT2D eigenvalue weighted by Gasteiger charge is -2.31. The highest BCUT2D eigenvalue weighted by Crippen LogP contribution is 2.22. The summed E-state index contributed by atoms with van der Waals surface area (Å²) in [4.78, 5) is 14.7. The van der Waals surface area contributed by atoms with Gasteiger partial charge >= 0.3 is 0 Å². The maximum Gasteiger partial charge on any atom is 0.223 e. The van der Waals surface area contributed by atoms with E-state index in [2.05, 4.69) is 25.7 Å². The van der Waals surface area contributed by atoms with Crippen LogP contribution in [0, 0.1) is 11.8 Å². The van der Waals surface area contributed by atoms with Crippen LogP contribution in [-0.2, 0) is 4.79 Å². The third kappa shape index (κ3) is 5.52. The Kier molecular flexibility index (Phi) is 7.44. The fraction of sp³-hybridized carbons (Fsp3) is 0.938. The van der Waals surface area contributed by atoms with E-state index < -0.39 is 0 Å². The smallest absolute Gasteiger partial charge is 0.223 e. The number of hydrogen-bond donors (Lipinski definition) is 1. The number of carbonyl (C=O) groups is 1. The lowest BCUT2D eigenvalue weighted by molar-refractivity contribution is -0.134. The maximum atomic E-state index is 12.5. The SMILES string of the molecule is CCC1CCCCCN1C(=O)CC(CN)CC(C)C. The van der Waals surface area contributed by atoms with Crippen LogP contribution in [0.1, 0.15) is 65.7 Å². The minimum absolute atomic E-state index is 0.338. The van der Waals surface area contributed by atoms with Crippen LogP contribution in [0.4, 0.5) is 0 Å². The first-order chi connectivity index (χ1) is 9.08. The van der Waals surface area contributed by atoms with Crippen molar-refractivity contribution >= 4 is 5.91 Å². The lowest BCUT2D eigenvalue weighted by Crippen LogP contribution is -2.41. The van der Waals surface area contributed by atoms with Gasteiger partial charge in [0.05, 0.1) is 0 Å². The van der Waals surface area contributed by atoms with Crippen LogP contribution in [0.2, 0.25) is 0 Å². The standard InChI is InChI=1S/C16H32N2O/c1-4-15-8-6-5-7-9-18(15)16(19)11-14(12-17)10-13(2)3/h13-15H,4-12,17H2,1-3H3. The van der Waals surface area contributed by atoms with Crippen molar-refractivity contribution in [2.45, 2.75) is 71.8 Å². The van der Waals surface area contributed by atoms with E-state index in [0.29, 0.717) is 36.8 Å². The Hall–Kier alpha value is -0.570. The van der Waals surface area contributed by atoms with E-state index in [-0.39, 0.29) is 0 Å². The summed E-state index contributed by atoms with van der Waals surface area (Å²) in [6.45, 7) is 8.19. The van der Waals surface area contributed by atoms with Crippen LogP contribution in [0.25, 0.3) is 0 Å². The van der Waals surface area contributed by atoms with Crippen molar-refractivity contribution in [2.24, 2.45) is 17.6 Å². The first-order valence-electron chi connectivity index (χ1n) is 8.08. The lowest BCUT2D eigenvalue weighted by atomic mass is 9.93. The van der Waals surface area contributed by atoms with Crippen molar-refractivity contribution in [2.75, 3.05) is 13.1 Å². The van der Waals surface area contributed by atoms with Gasteiger partial charge in [-0.15, -0.1) is 0 Å². The van der Waals surface area contributed by atoms with Crippen LogP contribution >= 0.6 is 0 Å². The molecule has 1 aliphatic heterocycles. The Bertz CT molecular complexity index is 265. The molecule has 0 aromatic carbocycles. The molecule has 1 amide bonds. The molecular formula is C16H32N2O. The Labute approximate surface area is 118 Å². The zero-order valence-electron chi connectivity index (χ0n) is 13.0. The Morgan fingerprint density at radius 2 is 2.05 bits per heavy atom. The second-order valence-corrected chi connectivity index (χ2v) is 6.43. The van der Waals surface area contributed by atoms with Gasteiger partial charge in [-0.2, -0.15) is 0 Å². The summed E-state index contributed by atoms with van der Waals surface area (Å²) in [6.07, 6.45) is 7.68. The molecule has 1 rings (SSSR count). The minimum atomic E-state index is 0.338. The molecule has 1 heterocycles. The molecule has 2 unspecified atom stereocenters. The molecule has 2 atom stereocenters. The molecule has 0 aromatic heterocycles. The quantitative estimate of drug-likeness (QED) is 0.804. The van der Waals surface area contributed by atoms with E-state index in [4.69, 9.17) is 5.73 Å². The Morgan fingerprint density at radius 3 is 2.63 bits per heavy atom. The molecule has 0 saturated carbocycles. The largest absolute Gasteiger partial charge is 0.340 e. The zero-order chi connectivity index (χ0) is 14.3. The summed E-state index contributed by atoms with van der Waals surface area (Å²) in [5.41, 5.74) is 5.83. The van der Waals surface area contributed by atoms with Crippen molar-refractivity contribution in [1.82, 2.24) is 4.90 Å². The number of rotatable bonds is 6. The summed E-state index contributed by atoms with van der Waals surface area (Å²) in [7, 11) is 0. The number of nitrogens with zero attached hydrogens (tertiary/aromatic N) is 1. The van der Waals surface area contributed by atoms with E-state index in [9.17, 15) is 4.79 Å². The van der Waals surface area contributed by atoms with Crippen molar-refractivity contribution in [1.29, 1.82) is 0 Å². The number of likely N-dealkylation sites (tertiary alicyclic amines) is 1. The molecule has 0 bridgehead atoms. The van der Waals surface area contributed by atoms with E-state index in [1.807, 2.05) is 0 Å². The van der Waals surface area contributed by atoms with Gasteiger partial charge < -0.3 is 10.6 Å². The average Bonchev–Trinajstić information content (AvgIpc) is 2.62. The van der Waals surface area contributed by atoms with E-state index in [1.165, 1.54) is 25.7 Å². The topological polar surface area (TPSA) is 46.3 Å². The fourth-order valence-electron chi connectivity index (χ4n) is 3.22. The second kappa shape index (κ2) is 8.57. The van der Waals surface area contributed by atoms with Crippen LogP contribution < -0.4 is 5.73 Å². The third-order valence-corrected chi connectivity index (χ3v) is 4.27. The van der Waals surface area contributed by atoms with Gasteiger partial charge in [0.2, 0.25) is 5.91 Å². The molecule has 3 nitrogen and oxygen atoms in total. The van der Waals surface area contributed by atoms with Crippen molar-refractivity contribution in [3.05, 3.63) is 0 Å². The molecule has 0 spiro atoms. The molecule has 2 N–H and O–H groups in total. The summed E-state index contributed by atoms with van der Waals surface area (Å²) >= 11 is 0. The summed E-state index contributed by atoms with van der Waals surface area (Å²) in [5.74, 6) is 1.31. The van der Waals surface area contributed by atoms with Gasteiger partial charge in [0.1, 0.15) is 0 Å². The number of nitrogens with two attached hydrogens (primary N) is 1. The Balaban J connectivity index is 2.57. The first-order valence-corrected chi connectivity index (χ1v) is 8.08. The van der Waals surface area contributed by atoms with Gasteiger partial charge in [-0.25, -0.2) is 0 Å². The second-order valence-electron chi connectivity index (χ2n) is 6.43. The molecule has 0 aliphatic carbocycles.